The zero-order chi connectivity index (χ0) is 11.5. The van der Waals surface area contributed by atoms with E-state index in [1.54, 1.807) is 13.8 Å². The van der Waals surface area contributed by atoms with E-state index in [1.807, 2.05) is 0 Å². The fourth-order valence-electron chi connectivity index (χ4n) is 1.60. The number of hydrogen-bond donors (Lipinski definition) is 2. The molecular weight excluding hydrogens is 196 g/mol. The number of amides is 1. The molecule has 5 nitrogen and oxygen atoms in total. The highest BCUT2D eigenvalue weighted by Gasteiger charge is 2.49. The molecule has 0 radical (unpaired) electrons. The average Bonchev–Trinajstić information content (AvgIpc) is 3.01. The third-order valence-electron chi connectivity index (χ3n) is 2.68. The predicted octanol–water partition coefficient (Wildman–Crippen LogP) is -0.207. The van der Waals surface area contributed by atoms with E-state index in [-0.39, 0.29) is 24.3 Å². The van der Waals surface area contributed by atoms with Crippen molar-refractivity contribution in [3.8, 4) is 0 Å². The number of carbonyl (C=O) groups excluding carboxylic acids is 2. The van der Waals surface area contributed by atoms with Gasteiger partial charge in [-0.25, -0.2) is 4.79 Å². The molecule has 1 atom stereocenters. The Kier molecular flexibility index (Phi) is 3.68. The first-order chi connectivity index (χ1) is 7.04. The van der Waals surface area contributed by atoms with Crippen LogP contribution in [0.5, 0.6) is 0 Å². The average molecular weight is 214 g/mol. The monoisotopic (exact) mass is 214 g/mol. The minimum absolute atomic E-state index is 0.109. The van der Waals surface area contributed by atoms with Gasteiger partial charge in [0.2, 0.25) is 5.91 Å². The molecule has 0 aromatic heterocycles. The smallest absolute Gasteiger partial charge is 0.331 e. The fourth-order valence-corrected chi connectivity index (χ4v) is 1.60. The van der Waals surface area contributed by atoms with Crippen LogP contribution < -0.4 is 11.1 Å². The highest BCUT2D eigenvalue weighted by molar-refractivity contribution is 5.89. The molecule has 1 aliphatic carbocycles. The van der Waals surface area contributed by atoms with Crippen molar-refractivity contribution >= 4 is 11.9 Å². The summed E-state index contributed by atoms with van der Waals surface area (Å²) in [4.78, 5) is 22.9. The summed E-state index contributed by atoms with van der Waals surface area (Å²) in [5.74, 6) is -0.501. The quantitative estimate of drug-likeness (QED) is 0.621. The van der Waals surface area contributed by atoms with Gasteiger partial charge in [-0.1, -0.05) is 0 Å². The van der Waals surface area contributed by atoms with Crippen LogP contribution in [0.15, 0.2) is 0 Å². The van der Waals surface area contributed by atoms with E-state index in [0.29, 0.717) is 6.61 Å². The van der Waals surface area contributed by atoms with Crippen molar-refractivity contribution in [2.45, 2.75) is 32.2 Å². The Labute approximate surface area is 89.3 Å². The summed E-state index contributed by atoms with van der Waals surface area (Å²) < 4.78 is 4.96. The summed E-state index contributed by atoms with van der Waals surface area (Å²) in [5, 5.41) is 2.65. The highest BCUT2D eigenvalue weighted by Crippen LogP contribution is 2.40. The van der Waals surface area contributed by atoms with Crippen molar-refractivity contribution in [1.82, 2.24) is 5.32 Å². The Hall–Kier alpha value is -1.10. The van der Waals surface area contributed by atoms with Crippen LogP contribution in [0, 0.1) is 5.92 Å². The molecular formula is C10H18N2O3. The Morgan fingerprint density at radius 1 is 1.53 bits per heavy atom. The van der Waals surface area contributed by atoms with E-state index in [2.05, 4.69) is 5.32 Å². The van der Waals surface area contributed by atoms with Crippen LogP contribution in [0.2, 0.25) is 0 Å². The molecule has 5 heteroatoms. The molecule has 0 aromatic carbocycles. The minimum Gasteiger partial charge on any atom is -0.464 e. The molecule has 1 amide bonds. The lowest BCUT2D eigenvalue weighted by molar-refractivity contribution is -0.153. The molecule has 86 valence electrons. The third kappa shape index (κ3) is 2.68. The number of esters is 1. The van der Waals surface area contributed by atoms with Crippen LogP contribution in [-0.2, 0) is 14.3 Å². The molecule has 0 spiro atoms. The van der Waals surface area contributed by atoms with Crippen LogP contribution in [0.3, 0.4) is 0 Å². The zero-order valence-corrected chi connectivity index (χ0v) is 9.21. The number of nitrogens with two attached hydrogens (primary N) is 1. The molecule has 1 aliphatic rings. The van der Waals surface area contributed by atoms with Crippen LogP contribution in [-0.4, -0.2) is 30.6 Å². The normalized spacial score (nSPS) is 19.1. The minimum atomic E-state index is -0.896. The number of carbonyl (C=O) groups is 2. The van der Waals surface area contributed by atoms with Gasteiger partial charge in [0.15, 0.2) is 0 Å². The predicted molar refractivity (Wildman–Crippen MR) is 55.0 cm³/mol. The van der Waals surface area contributed by atoms with Crippen molar-refractivity contribution in [3.05, 3.63) is 0 Å². The third-order valence-corrected chi connectivity index (χ3v) is 2.68. The molecule has 1 fully saturated rings. The lowest BCUT2D eigenvalue weighted by Crippen LogP contribution is -2.56. The van der Waals surface area contributed by atoms with E-state index in [4.69, 9.17) is 10.5 Å². The standard InChI is InChI=1S/C10H18N2O3/c1-3-15-9(14)10(2,7-4-5-7)12-8(13)6-11/h7H,3-6,11H2,1-2H3,(H,12,13)/t10-/m0/s1. The van der Waals surface area contributed by atoms with E-state index < -0.39 is 5.54 Å². The van der Waals surface area contributed by atoms with E-state index >= 15 is 0 Å². The molecule has 0 bridgehead atoms. The molecule has 3 N–H and O–H groups in total. The largest absolute Gasteiger partial charge is 0.464 e. The first-order valence-electron chi connectivity index (χ1n) is 5.23. The number of rotatable bonds is 5. The van der Waals surface area contributed by atoms with Crippen LogP contribution in [0.4, 0.5) is 0 Å². The van der Waals surface area contributed by atoms with Gasteiger partial charge in [0.1, 0.15) is 5.54 Å². The molecule has 1 saturated carbocycles. The maximum absolute atomic E-state index is 11.7. The molecule has 0 heterocycles. The summed E-state index contributed by atoms with van der Waals surface area (Å²) in [7, 11) is 0. The number of ether oxygens (including phenoxy) is 1. The maximum Gasteiger partial charge on any atom is 0.331 e. The molecule has 0 saturated heterocycles. The lowest BCUT2D eigenvalue weighted by Gasteiger charge is -2.28. The van der Waals surface area contributed by atoms with Gasteiger partial charge in [0.05, 0.1) is 13.2 Å². The van der Waals surface area contributed by atoms with Gasteiger partial charge >= 0.3 is 5.97 Å². The van der Waals surface area contributed by atoms with Crippen LogP contribution >= 0.6 is 0 Å². The molecule has 1 rings (SSSR count). The van der Waals surface area contributed by atoms with Crippen molar-refractivity contribution < 1.29 is 14.3 Å². The first-order valence-corrected chi connectivity index (χ1v) is 5.23. The van der Waals surface area contributed by atoms with Crippen molar-refractivity contribution in [3.63, 3.8) is 0 Å². The summed E-state index contributed by atoms with van der Waals surface area (Å²) in [5.41, 5.74) is 4.31. The second-order valence-corrected chi connectivity index (χ2v) is 3.95. The van der Waals surface area contributed by atoms with Crippen LogP contribution in [0.25, 0.3) is 0 Å². The second kappa shape index (κ2) is 4.61. The summed E-state index contributed by atoms with van der Waals surface area (Å²) in [6, 6.07) is 0. The van der Waals surface area contributed by atoms with Crippen LogP contribution in [0.1, 0.15) is 26.7 Å². The van der Waals surface area contributed by atoms with Crippen molar-refractivity contribution in [1.29, 1.82) is 0 Å². The van der Waals surface area contributed by atoms with Gasteiger partial charge in [-0.15, -0.1) is 0 Å². The van der Waals surface area contributed by atoms with Crippen molar-refractivity contribution in [2.24, 2.45) is 11.7 Å². The number of hydrogen-bond acceptors (Lipinski definition) is 4. The molecule has 15 heavy (non-hydrogen) atoms. The Morgan fingerprint density at radius 2 is 2.13 bits per heavy atom. The topological polar surface area (TPSA) is 81.4 Å². The van der Waals surface area contributed by atoms with E-state index in [0.717, 1.165) is 12.8 Å². The van der Waals surface area contributed by atoms with Gasteiger partial charge in [-0.2, -0.15) is 0 Å². The van der Waals surface area contributed by atoms with E-state index in [9.17, 15) is 9.59 Å². The Balaban J connectivity index is 2.68. The van der Waals surface area contributed by atoms with Gasteiger partial charge < -0.3 is 15.8 Å². The van der Waals surface area contributed by atoms with Gasteiger partial charge in [-0.3, -0.25) is 4.79 Å². The van der Waals surface area contributed by atoms with Gasteiger partial charge in [-0.05, 0) is 32.6 Å². The zero-order valence-electron chi connectivity index (χ0n) is 9.21. The first kappa shape index (κ1) is 12.0. The SMILES string of the molecule is CCOC(=O)[C@@](C)(NC(=O)CN)C1CC1. The molecule has 0 aliphatic heterocycles. The van der Waals surface area contributed by atoms with Crippen molar-refractivity contribution in [2.75, 3.05) is 13.2 Å². The summed E-state index contributed by atoms with van der Waals surface area (Å²) in [6.07, 6.45) is 1.89. The molecule has 0 aromatic rings. The number of nitrogens with one attached hydrogen (secondary N) is 1. The van der Waals surface area contributed by atoms with E-state index in [1.165, 1.54) is 0 Å². The lowest BCUT2D eigenvalue weighted by atomic mass is 9.96. The second-order valence-electron chi connectivity index (χ2n) is 3.95. The maximum atomic E-state index is 11.7. The summed E-state index contributed by atoms with van der Waals surface area (Å²) >= 11 is 0. The Bertz CT molecular complexity index is 263. The highest BCUT2D eigenvalue weighted by atomic mass is 16.5. The summed E-state index contributed by atoms with van der Waals surface area (Å²) in [6.45, 7) is 3.66. The van der Waals surface area contributed by atoms with Gasteiger partial charge in [0, 0.05) is 0 Å². The van der Waals surface area contributed by atoms with Gasteiger partial charge in [0.25, 0.3) is 0 Å². The fraction of sp³-hybridized carbons (Fsp3) is 0.800. The molecule has 0 unspecified atom stereocenters. The Morgan fingerprint density at radius 3 is 2.53 bits per heavy atom.